The molecule has 3 heteroatoms. The van der Waals surface area contributed by atoms with E-state index < -0.39 is 0 Å². The highest BCUT2D eigenvalue weighted by Gasteiger charge is 2.62. The maximum atomic E-state index is 11.5. The van der Waals surface area contributed by atoms with Crippen LogP contribution in [0.5, 0.6) is 0 Å². The van der Waals surface area contributed by atoms with Gasteiger partial charge in [0.05, 0.1) is 6.10 Å². The summed E-state index contributed by atoms with van der Waals surface area (Å²) in [6.45, 7) is 13.9. The Morgan fingerprint density at radius 1 is 0.938 bits per heavy atom. The van der Waals surface area contributed by atoms with Gasteiger partial charge in [-0.05, 0) is 104 Å². The van der Waals surface area contributed by atoms with Gasteiger partial charge >= 0.3 is 5.97 Å². The minimum absolute atomic E-state index is 0.00758. The van der Waals surface area contributed by atoms with E-state index in [1.807, 2.05) is 0 Å². The molecule has 1 N–H and O–H groups in total. The van der Waals surface area contributed by atoms with Crippen LogP contribution in [0.15, 0.2) is 0 Å². The van der Waals surface area contributed by atoms with Crippen molar-refractivity contribution in [2.45, 2.75) is 124 Å². The van der Waals surface area contributed by atoms with Crippen LogP contribution in [0, 0.1) is 52.3 Å². The van der Waals surface area contributed by atoms with E-state index in [-0.39, 0.29) is 23.6 Å². The highest BCUT2D eigenvalue weighted by atomic mass is 16.5. The Kier molecular flexibility index (Phi) is 7.08. The van der Waals surface area contributed by atoms with Crippen molar-refractivity contribution in [1.82, 2.24) is 0 Å². The Morgan fingerprint density at radius 3 is 2.31 bits per heavy atom. The number of ether oxygens (including phenoxy) is 1. The van der Waals surface area contributed by atoms with Gasteiger partial charge in [0, 0.05) is 6.92 Å². The average molecular weight is 447 g/mol. The van der Waals surface area contributed by atoms with Gasteiger partial charge in [0.2, 0.25) is 0 Å². The van der Waals surface area contributed by atoms with Gasteiger partial charge in [-0.25, -0.2) is 0 Å². The molecule has 10 atom stereocenters. The van der Waals surface area contributed by atoms with Gasteiger partial charge in [0.25, 0.3) is 0 Å². The minimum atomic E-state index is -0.232. The van der Waals surface area contributed by atoms with E-state index in [1.54, 1.807) is 0 Å². The number of fused-ring (bicyclic) bond motifs is 5. The summed E-state index contributed by atoms with van der Waals surface area (Å²) in [5.41, 5.74) is 0.678. The first-order chi connectivity index (χ1) is 15.1. The average Bonchev–Trinajstić information content (AvgIpc) is 3.06. The van der Waals surface area contributed by atoms with Gasteiger partial charge in [-0.3, -0.25) is 4.79 Å². The molecule has 4 aliphatic rings. The minimum Gasteiger partial charge on any atom is -0.463 e. The van der Waals surface area contributed by atoms with Crippen molar-refractivity contribution in [1.29, 1.82) is 0 Å². The SMILES string of the molecule is CC(=O)O[C@H]1CC[C@@]2(C)C(C1)[C@H](O)C[C@H]1[C@@H]3CC[C@H]([C@H](C)CCCC(C)C)[C@@]3(C)CC[C@@H]12. The molecule has 4 saturated carbocycles. The predicted molar refractivity (Wildman–Crippen MR) is 130 cm³/mol. The highest BCUT2D eigenvalue weighted by Crippen LogP contribution is 2.68. The number of carbonyl (C=O) groups is 1. The second-order valence-electron chi connectivity index (χ2n) is 13.3. The molecule has 0 bridgehead atoms. The first kappa shape index (κ1) is 24.6. The van der Waals surface area contributed by atoms with Crippen LogP contribution in [0.4, 0.5) is 0 Å². The lowest BCUT2D eigenvalue weighted by Gasteiger charge is -2.62. The van der Waals surface area contributed by atoms with Crippen molar-refractivity contribution < 1.29 is 14.6 Å². The summed E-state index contributed by atoms with van der Waals surface area (Å²) in [7, 11) is 0. The number of rotatable bonds is 6. The lowest BCUT2D eigenvalue weighted by atomic mass is 9.43. The molecule has 0 spiro atoms. The van der Waals surface area contributed by atoms with Gasteiger partial charge in [0.1, 0.15) is 6.10 Å². The Morgan fingerprint density at radius 2 is 1.62 bits per heavy atom. The molecule has 0 aliphatic heterocycles. The standard InChI is InChI=1S/C29H50O3/c1-18(2)8-7-9-19(3)23-10-11-24-22-17-27(31)26-16-21(32-20(4)30)12-14-29(26,6)25(22)13-15-28(23,24)5/h18-19,21-27,31H,7-17H2,1-6H3/t19-,21+,22+,23-,24+,25+,26?,27-,28-,29-/m1/s1. The highest BCUT2D eigenvalue weighted by molar-refractivity contribution is 5.66. The molecule has 4 rings (SSSR count). The molecule has 0 radical (unpaired) electrons. The van der Waals surface area contributed by atoms with E-state index in [2.05, 4.69) is 34.6 Å². The van der Waals surface area contributed by atoms with Crippen molar-refractivity contribution in [3.63, 3.8) is 0 Å². The first-order valence-electron chi connectivity index (χ1n) is 13.9. The number of carbonyl (C=O) groups excluding carboxylic acids is 1. The molecule has 0 heterocycles. The van der Waals surface area contributed by atoms with Crippen LogP contribution in [0.2, 0.25) is 0 Å². The van der Waals surface area contributed by atoms with E-state index >= 15 is 0 Å². The van der Waals surface area contributed by atoms with Gasteiger partial charge in [-0.1, -0.05) is 53.9 Å². The molecule has 0 amide bonds. The van der Waals surface area contributed by atoms with E-state index in [1.165, 1.54) is 51.9 Å². The predicted octanol–water partition coefficient (Wildman–Crippen LogP) is 7.01. The molecule has 0 saturated heterocycles. The summed E-state index contributed by atoms with van der Waals surface area (Å²) >= 11 is 0. The topological polar surface area (TPSA) is 46.5 Å². The zero-order chi connectivity index (χ0) is 23.3. The summed E-state index contributed by atoms with van der Waals surface area (Å²) in [6, 6.07) is 0. The lowest BCUT2D eigenvalue weighted by Crippen LogP contribution is -2.58. The fourth-order valence-corrected chi connectivity index (χ4v) is 9.63. The van der Waals surface area contributed by atoms with Crippen molar-refractivity contribution in [2.75, 3.05) is 0 Å². The van der Waals surface area contributed by atoms with E-state index in [0.29, 0.717) is 17.3 Å². The zero-order valence-corrected chi connectivity index (χ0v) is 21.7. The summed E-state index contributed by atoms with van der Waals surface area (Å²) in [6.07, 6.45) is 13.3. The van der Waals surface area contributed by atoms with Gasteiger partial charge in [0.15, 0.2) is 0 Å². The second kappa shape index (κ2) is 9.23. The molecule has 0 aromatic heterocycles. The normalized spacial score (nSPS) is 46.8. The Labute approximate surface area is 197 Å². The largest absolute Gasteiger partial charge is 0.463 e. The molecular formula is C29H50O3. The summed E-state index contributed by atoms with van der Waals surface area (Å²) in [5.74, 6) is 4.84. The Bertz CT molecular complexity index is 673. The number of hydrogen-bond acceptors (Lipinski definition) is 3. The van der Waals surface area contributed by atoms with Crippen LogP contribution in [-0.4, -0.2) is 23.3 Å². The van der Waals surface area contributed by atoms with Crippen LogP contribution in [0.1, 0.15) is 112 Å². The molecule has 3 nitrogen and oxygen atoms in total. The molecular weight excluding hydrogens is 396 g/mol. The van der Waals surface area contributed by atoms with E-state index in [4.69, 9.17) is 4.74 Å². The Balaban J connectivity index is 1.47. The third-order valence-electron chi connectivity index (χ3n) is 11.2. The zero-order valence-electron chi connectivity index (χ0n) is 21.7. The maximum absolute atomic E-state index is 11.5. The fourth-order valence-electron chi connectivity index (χ4n) is 9.63. The smallest absolute Gasteiger partial charge is 0.302 e. The quantitative estimate of drug-likeness (QED) is 0.446. The van der Waals surface area contributed by atoms with Crippen LogP contribution in [-0.2, 0) is 9.53 Å². The number of esters is 1. The number of hydrogen-bond donors (Lipinski definition) is 1. The monoisotopic (exact) mass is 446 g/mol. The molecule has 1 unspecified atom stereocenters. The van der Waals surface area contributed by atoms with Crippen LogP contribution in [0.25, 0.3) is 0 Å². The fraction of sp³-hybridized carbons (Fsp3) is 0.966. The van der Waals surface area contributed by atoms with Crippen LogP contribution >= 0.6 is 0 Å². The molecule has 184 valence electrons. The van der Waals surface area contributed by atoms with Crippen molar-refractivity contribution in [3.8, 4) is 0 Å². The maximum Gasteiger partial charge on any atom is 0.302 e. The van der Waals surface area contributed by atoms with Gasteiger partial charge < -0.3 is 9.84 Å². The summed E-state index contributed by atoms with van der Waals surface area (Å²) in [5, 5.41) is 11.4. The Hall–Kier alpha value is -0.570. The third-order valence-corrected chi connectivity index (χ3v) is 11.2. The lowest BCUT2D eigenvalue weighted by molar-refractivity contribution is -0.182. The number of aliphatic hydroxyl groups excluding tert-OH is 1. The molecule has 0 aromatic rings. The summed E-state index contributed by atoms with van der Waals surface area (Å²) in [4.78, 5) is 11.5. The van der Waals surface area contributed by atoms with Crippen molar-refractivity contribution in [2.24, 2.45) is 52.3 Å². The molecule has 4 aliphatic carbocycles. The van der Waals surface area contributed by atoms with Crippen molar-refractivity contribution in [3.05, 3.63) is 0 Å². The van der Waals surface area contributed by atoms with E-state index in [0.717, 1.165) is 55.3 Å². The van der Waals surface area contributed by atoms with Crippen molar-refractivity contribution >= 4 is 5.97 Å². The van der Waals surface area contributed by atoms with Gasteiger partial charge in [-0.15, -0.1) is 0 Å². The van der Waals surface area contributed by atoms with Crippen LogP contribution in [0.3, 0.4) is 0 Å². The third kappa shape index (κ3) is 4.29. The number of aliphatic hydroxyl groups is 1. The van der Waals surface area contributed by atoms with Gasteiger partial charge in [-0.2, -0.15) is 0 Å². The molecule has 0 aromatic carbocycles. The molecule has 32 heavy (non-hydrogen) atoms. The second-order valence-corrected chi connectivity index (χ2v) is 13.3. The summed E-state index contributed by atoms with van der Waals surface area (Å²) < 4.78 is 5.59. The van der Waals surface area contributed by atoms with Crippen LogP contribution < -0.4 is 0 Å². The first-order valence-corrected chi connectivity index (χ1v) is 13.9. The van der Waals surface area contributed by atoms with E-state index in [9.17, 15) is 9.90 Å². The molecule has 4 fully saturated rings.